The molecule has 0 saturated heterocycles. The Hall–Kier alpha value is -1.65. The van der Waals surface area contributed by atoms with Crippen LogP contribution in [0.2, 0.25) is 0 Å². The third-order valence-electron chi connectivity index (χ3n) is 3.20. The van der Waals surface area contributed by atoms with Crippen molar-refractivity contribution in [3.05, 3.63) is 46.6 Å². The number of nitrogens with two attached hydrogens (primary N) is 1. The van der Waals surface area contributed by atoms with Crippen molar-refractivity contribution in [2.24, 2.45) is 5.73 Å². The van der Waals surface area contributed by atoms with Crippen LogP contribution in [0.25, 0.3) is 16.2 Å². The molecular formula is C14H15N3S. The number of thiazole rings is 1. The molecule has 0 unspecified atom stereocenters. The zero-order valence-electron chi connectivity index (χ0n) is 10.5. The number of aromatic nitrogens is 2. The van der Waals surface area contributed by atoms with E-state index in [4.69, 9.17) is 5.73 Å². The maximum Gasteiger partial charge on any atom is 0.194 e. The quantitative estimate of drug-likeness (QED) is 0.766. The summed E-state index contributed by atoms with van der Waals surface area (Å²) >= 11 is 1.66. The number of imidazole rings is 1. The van der Waals surface area contributed by atoms with Crippen LogP contribution in [-0.4, -0.2) is 9.38 Å². The zero-order chi connectivity index (χ0) is 12.7. The summed E-state index contributed by atoms with van der Waals surface area (Å²) in [5, 5.41) is 2.14. The van der Waals surface area contributed by atoms with E-state index < -0.39 is 0 Å². The minimum atomic E-state index is 0.516. The summed E-state index contributed by atoms with van der Waals surface area (Å²) in [6, 6.07) is 8.55. The number of benzene rings is 1. The van der Waals surface area contributed by atoms with Gasteiger partial charge in [-0.15, -0.1) is 11.3 Å². The monoisotopic (exact) mass is 257 g/mol. The van der Waals surface area contributed by atoms with E-state index in [0.717, 1.165) is 16.3 Å². The summed E-state index contributed by atoms with van der Waals surface area (Å²) in [5.41, 5.74) is 11.6. The van der Waals surface area contributed by atoms with E-state index in [9.17, 15) is 0 Å². The molecule has 0 fully saturated rings. The number of aryl methyl sites for hydroxylation is 2. The van der Waals surface area contributed by atoms with Crippen LogP contribution in [0, 0.1) is 13.8 Å². The predicted molar refractivity (Wildman–Crippen MR) is 75.9 cm³/mol. The Morgan fingerprint density at radius 3 is 2.61 bits per heavy atom. The minimum absolute atomic E-state index is 0.516. The largest absolute Gasteiger partial charge is 0.325 e. The molecule has 0 radical (unpaired) electrons. The molecule has 4 heteroatoms. The van der Waals surface area contributed by atoms with Gasteiger partial charge >= 0.3 is 0 Å². The second-order valence-corrected chi connectivity index (χ2v) is 5.29. The fourth-order valence-electron chi connectivity index (χ4n) is 2.18. The molecule has 0 aliphatic rings. The molecule has 2 N–H and O–H groups in total. The molecule has 3 rings (SSSR count). The number of hydrogen-bond acceptors (Lipinski definition) is 3. The molecule has 0 spiro atoms. The molecule has 0 atom stereocenters. The zero-order valence-corrected chi connectivity index (χ0v) is 11.3. The van der Waals surface area contributed by atoms with Gasteiger partial charge in [0.25, 0.3) is 0 Å². The number of hydrogen-bond donors (Lipinski definition) is 1. The Morgan fingerprint density at radius 1 is 1.22 bits per heavy atom. The normalized spacial score (nSPS) is 11.3. The molecule has 92 valence electrons. The summed E-state index contributed by atoms with van der Waals surface area (Å²) in [5.74, 6) is 0. The summed E-state index contributed by atoms with van der Waals surface area (Å²) < 4.78 is 2.17. The van der Waals surface area contributed by atoms with Gasteiger partial charge in [0.15, 0.2) is 4.96 Å². The fourth-order valence-corrected chi connectivity index (χ4v) is 3.15. The van der Waals surface area contributed by atoms with Crippen LogP contribution in [-0.2, 0) is 6.54 Å². The van der Waals surface area contributed by atoms with Gasteiger partial charge in [-0.3, -0.25) is 4.40 Å². The topological polar surface area (TPSA) is 43.3 Å². The van der Waals surface area contributed by atoms with Crippen molar-refractivity contribution in [3.8, 4) is 11.3 Å². The standard InChI is InChI=1S/C14H15N3S/c1-9-3-5-11(6-4-9)13-8-18-14-16-10(2)12(7-15)17(13)14/h3-6,8H,7,15H2,1-2H3. The van der Waals surface area contributed by atoms with Crippen molar-refractivity contribution in [1.29, 1.82) is 0 Å². The summed E-state index contributed by atoms with van der Waals surface area (Å²) in [4.78, 5) is 5.57. The smallest absolute Gasteiger partial charge is 0.194 e. The van der Waals surface area contributed by atoms with Crippen molar-refractivity contribution in [1.82, 2.24) is 9.38 Å². The second kappa shape index (κ2) is 4.23. The van der Waals surface area contributed by atoms with Crippen molar-refractivity contribution in [2.75, 3.05) is 0 Å². The average Bonchev–Trinajstić information content (AvgIpc) is 2.88. The first kappa shape index (κ1) is 11.4. The SMILES string of the molecule is Cc1ccc(-c2csc3nc(C)c(CN)n23)cc1. The highest BCUT2D eigenvalue weighted by molar-refractivity contribution is 7.15. The van der Waals surface area contributed by atoms with Crippen LogP contribution in [0.5, 0.6) is 0 Å². The molecule has 0 bridgehead atoms. The van der Waals surface area contributed by atoms with Gasteiger partial charge in [0.2, 0.25) is 0 Å². The van der Waals surface area contributed by atoms with Crippen LogP contribution in [0.1, 0.15) is 17.0 Å². The molecule has 1 aromatic carbocycles. The van der Waals surface area contributed by atoms with Crippen LogP contribution in [0.4, 0.5) is 0 Å². The average molecular weight is 257 g/mol. The van der Waals surface area contributed by atoms with E-state index in [2.05, 4.69) is 46.0 Å². The maximum absolute atomic E-state index is 5.84. The molecule has 0 saturated carbocycles. The molecular weight excluding hydrogens is 242 g/mol. The molecule has 2 aromatic heterocycles. The number of fused-ring (bicyclic) bond motifs is 1. The van der Waals surface area contributed by atoms with Gasteiger partial charge in [-0.2, -0.15) is 0 Å². The van der Waals surface area contributed by atoms with E-state index in [1.54, 1.807) is 11.3 Å². The second-order valence-electron chi connectivity index (χ2n) is 4.45. The fraction of sp³-hybridized carbons (Fsp3) is 0.214. The van der Waals surface area contributed by atoms with Crippen molar-refractivity contribution < 1.29 is 0 Å². The molecule has 0 amide bonds. The van der Waals surface area contributed by atoms with Gasteiger partial charge in [-0.25, -0.2) is 4.98 Å². The van der Waals surface area contributed by atoms with Gasteiger partial charge in [-0.1, -0.05) is 29.8 Å². The van der Waals surface area contributed by atoms with Crippen LogP contribution in [0.15, 0.2) is 29.6 Å². The Bertz CT molecular complexity index is 692. The van der Waals surface area contributed by atoms with E-state index in [1.165, 1.54) is 16.8 Å². The Morgan fingerprint density at radius 2 is 1.94 bits per heavy atom. The van der Waals surface area contributed by atoms with Gasteiger partial charge in [-0.05, 0) is 19.4 Å². The predicted octanol–water partition coefficient (Wildman–Crippen LogP) is 3.14. The third-order valence-corrected chi connectivity index (χ3v) is 4.03. The summed E-state index contributed by atoms with van der Waals surface area (Å²) in [7, 11) is 0. The minimum Gasteiger partial charge on any atom is -0.325 e. The molecule has 0 aliphatic heterocycles. The van der Waals surface area contributed by atoms with Crippen molar-refractivity contribution in [3.63, 3.8) is 0 Å². The Kier molecular flexibility index (Phi) is 2.69. The lowest BCUT2D eigenvalue weighted by molar-refractivity contribution is 0.953. The lowest BCUT2D eigenvalue weighted by Gasteiger charge is -2.04. The van der Waals surface area contributed by atoms with Gasteiger partial charge in [0.05, 0.1) is 17.1 Å². The van der Waals surface area contributed by atoms with E-state index in [1.807, 2.05) is 6.92 Å². The van der Waals surface area contributed by atoms with E-state index >= 15 is 0 Å². The number of nitrogens with zero attached hydrogens (tertiary/aromatic N) is 2. The Balaban J connectivity index is 2.25. The molecule has 0 aliphatic carbocycles. The first-order valence-corrected chi connectivity index (χ1v) is 6.81. The van der Waals surface area contributed by atoms with Crippen LogP contribution < -0.4 is 5.73 Å². The lowest BCUT2D eigenvalue weighted by Crippen LogP contribution is -2.03. The van der Waals surface area contributed by atoms with Crippen molar-refractivity contribution in [2.45, 2.75) is 20.4 Å². The lowest BCUT2D eigenvalue weighted by atomic mass is 10.1. The number of rotatable bonds is 2. The van der Waals surface area contributed by atoms with Crippen LogP contribution in [0.3, 0.4) is 0 Å². The van der Waals surface area contributed by atoms with Gasteiger partial charge in [0, 0.05) is 11.9 Å². The molecule has 3 aromatic rings. The van der Waals surface area contributed by atoms with E-state index in [-0.39, 0.29) is 0 Å². The molecule has 18 heavy (non-hydrogen) atoms. The first-order valence-electron chi connectivity index (χ1n) is 5.93. The molecule has 3 nitrogen and oxygen atoms in total. The van der Waals surface area contributed by atoms with Gasteiger partial charge in [0.1, 0.15) is 0 Å². The highest BCUT2D eigenvalue weighted by Gasteiger charge is 2.13. The summed E-state index contributed by atoms with van der Waals surface area (Å²) in [6.07, 6.45) is 0. The van der Waals surface area contributed by atoms with Crippen LogP contribution >= 0.6 is 11.3 Å². The molecule has 2 heterocycles. The highest BCUT2D eigenvalue weighted by atomic mass is 32.1. The first-order chi connectivity index (χ1) is 8.70. The summed E-state index contributed by atoms with van der Waals surface area (Å²) in [6.45, 7) is 4.63. The van der Waals surface area contributed by atoms with Crippen molar-refractivity contribution >= 4 is 16.3 Å². The maximum atomic E-state index is 5.84. The Labute approximate surface area is 110 Å². The highest BCUT2D eigenvalue weighted by Crippen LogP contribution is 2.28. The van der Waals surface area contributed by atoms with Gasteiger partial charge < -0.3 is 5.73 Å². The van der Waals surface area contributed by atoms with E-state index in [0.29, 0.717) is 6.54 Å². The third kappa shape index (κ3) is 1.65.